The van der Waals surface area contributed by atoms with E-state index in [0.29, 0.717) is 5.69 Å². The van der Waals surface area contributed by atoms with Crippen molar-refractivity contribution in [3.05, 3.63) is 71.8 Å². The number of sulfonamides is 1. The first kappa shape index (κ1) is 20.6. The second-order valence-corrected chi connectivity index (χ2v) is 10.1. The van der Waals surface area contributed by atoms with E-state index >= 15 is 0 Å². The summed E-state index contributed by atoms with van der Waals surface area (Å²) in [6.07, 6.45) is 4.68. The molecule has 3 heterocycles. The smallest absolute Gasteiger partial charge is 0.276 e. The van der Waals surface area contributed by atoms with Crippen molar-refractivity contribution in [3.8, 4) is 0 Å². The number of ether oxygens (including phenoxy) is 1. The van der Waals surface area contributed by atoms with Crippen LogP contribution in [0.15, 0.2) is 70.7 Å². The summed E-state index contributed by atoms with van der Waals surface area (Å²) >= 11 is 0. The van der Waals surface area contributed by atoms with Gasteiger partial charge in [-0.25, -0.2) is 9.73 Å². The van der Waals surface area contributed by atoms with Crippen LogP contribution in [-0.4, -0.2) is 38.2 Å². The zero-order valence-electron chi connectivity index (χ0n) is 17.4. The molecule has 2 bridgehead atoms. The predicted molar refractivity (Wildman–Crippen MR) is 117 cm³/mol. The van der Waals surface area contributed by atoms with Gasteiger partial charge in [-0.05, 0) is 43.7 Å². The molecule has 8 nitrogen and oxygen atoms in total. The fourth-order valence-electron chi connectivity index (χ4n) is 4.56. The Kier molecular flexibility index (Phi) is 4.58. The quantitative estimate of drug-likeness (QED) is 0.325. The summed E-state index contributed by atoms with van der Waals surface area (Å²) in [5.74, 6) is -1.76. The third kappa shape index (κ3) is 3.16. The molecular formula is C23H21N3O5S. The second kappa shape index (κ2) is 7.11. The van der Waals surface area contributed by atoms with Gasteiger partial charge >= 0.3 is 0 Å². The maximum atomic E-state index is 13.0. The van der Waals surface area contributed by atoms with E-state index in [1.807, 2.05) is 43.3 Å². The Hall–Kier alpha value is -3.30. The molecular weight excluding hydrogens is 430 g/mol. The van der Waals surface area contributed by atoms with Gasteiger partial charge in [0.05, 0.1) is 40.3 Å². The van der Waals surface area contributed by atoms with Gasteiger partial charge in [0.1, 0.15) is 0 Å². The molecule has 5 rings (SSSR count). The number of nitrogens with zero attached hydrogens (tertiary/aromatic N) is 2. The van der Waals surface area contributed by atoms with E-state index < -0.39 is 33.6 Å². The highest BCUT2D eigenvalue weighted by Crippen LogP contribution is 2.52. The van der Waals surface area contributed by atoms with Gasteiger partial charge in [-0.2, -0.15) is 13.5 Å². The molecule has 2 saturated heterocycles. The van der Waals surface area contributed by atoms with Crippen LogP contribution in [0.25, 0.3) is 0 Å². The summed E-state index contributed by atoms with van der Waals surface area (Å²) in [5, 5.41) is 3.81. The van der Waals surface area contributed by atoms with Crippen molar-refractivity contribution in [2.45, 2.75) is 30.4 Å². The van der Waals surface area contributed by atoms with Crippen molar-refractivity contribution >= 4 is 33.7 Å². The zero-order valence-corrected chi connectivity index (χ0v) is 18.2. The lowest BCUT2D eigenvalue weighted by Crippen LogP contribution is -2.38. The summed E-state index contributed by atoms with van der Waals surface area (Å²) in [6.45, 7) is 3.76. The van der Waals surface area contributed by atoms with Crippen LogP contribution in [0.1, 0.15) is 18.1 Å². The van der Waals surface area contributed by atoms with E-state index in [9.17, 15) is 18.0 Å². The predicted octanol–water partition coefficient (Wildman–Crippen LogP) is 2.14. The number of carbonyl (C=O) groups is 2. The lowest BCUT2D eigenvalue weighted by atomic mass is 9.78. The van der Waals surface area contributed by atoms with Gasteiger partial charge < -0.3 is 4.74 Å². The van der Waals surface area contributed by atoms with E-state index in [1.54, 1.807) is 6.92 Å². The minimum Gasteiger partial charge on any atom is -0.362 e. The third-order valence-electron chi connectivity index (χ3n) is 6.20. The van der Waals surface area contributed by atoms with Gasteiger partial charge in [-0.1, -0.05) is 42.0 Å². The normalized spacial score (nSPS) is 28.7. The number of benzene rings is 2. The van der Waals surface area contributed by atoms with Crippen molar-refractivity contribution in [3.63, 3.8) is 0 Å². The van der Waals surface area contributed by atoms with Gasteiger partial charge in [0.2, 0.25) is 11.8 Å². The number of anilines is 1. The SMILES string of the molecule is Cc1ccc(/C=N/NS(=O)(=O)c2ccc(N3C(=O)C4C5C=CC(C)(O5)C4C3=O)cc2)cc1. The number of carbonyl (C=O) groups excluding carboxylic acids is 2. The van der Waals surface area contributed by atoms with Gasteiger partial charge in [0, 0.05) is 0 Å². The minimum absolute atomic E-state index is 0.0290. The Morgan fingerprint density at radius 3 is 2.41 bits per heavy atom. The van der Waals surface area contributed by atoms with Crippen LogP contribution < -0.4 is 9.73 Å². The molecule has 32 heavy (non-hydrogen) atoms. The van der Waals surface area contributed by atoms with Crippen molar-refractivity contribution in [1.29, 1.82) is 0 Å². The minimum atomic E-state index is -3.90. The molecule has 2 fully saturated rings. The number of imide groups is 1. The van der Waals surface area contributed by atoms with Crippen LogP contribution in [0.4, 0.5) is 5.69 Å². The highest BCUT2D eigenvalue weighted by atomic mass is 32.2. The molecule has 0 aromatic heterocycles. The van der Waals surface area contributed by atoms with E-state index in [0.717, 1.165) is 16.0 Å². The number of hydrazone groups is 1. The highest BCUT2D eigenvalue weighted by molar-refractivity contribution is 7.89. The summed E-state index contributed by atoms with van der Waals surface area (Å²) in [5.41, 5.74) is 1.40. The molecule has 4 unspecified atom stereocenters. The molecule has 4 atom stereocenters. The summed E-state index contributed by atoms with van der Waals surface area (Å²) in [4.78, 5) is 29.2. The molecule has 0 aliphatic carbocycles. The van der Waals surface area contributed by atoms with Gasteiger partial charge in [0.15, 0.2) is 0 Å². The van der Waals surface area contributed by atoms with Gasteiger partial charge in [-0.3, -0.25) is 9.59 Å². The van der Waals surface area contributed by atoms with Crippen molar-refractivity contribution in [2.75, 3.05) is 4.90 Å². The zero-order chi connectivity index (χ0) is 22.7. The molecule has 9 heteroatoms. The van der Waals surface area contributed by atoms with E-state index in [2.05, 4.69) is 9.93 Å². The molecule has 3 aliphatic rings. The summed E-state index contributed by atoms with van der Waals surface area (Å²) in [6, 6.07) is 13.1. The van der Waals surface area contributed by atoms with E-state index in [-0.39, 0.29) is 16.7 Å². The molecule has 0 spiro atoms. The number of hydrogen-bond donors (Lipinski definition) is 1. The summed E-state index contributed by atoms with van der Waals surface area (Å²) < 4.78 is 30.9. The highest BCUT2D eigenvalue weighted by Gasteiger charge is 2.66. The lowest BCUT2D eigenvalue weighted by Gasteiger charge is -2.24. The molecule has 2 aromatic rings. The standard InChI is InChI=1S/C23H21N3O5S/c1-14-3-5-15(6-4-14)13-24-25-32(29,30)17-9-7-16(8-10-17)26-21(27)19-18-11-12-23(2,31-18)20(19)22(26)28/h3-13,18-20,25H,1-2H3/b24-13+. The number of amides is 2. The molecule has 164 valence electrons. The van der Waals surface area contributed by atoms with Gasteiger partial charge in [0.25, 0.3) is 10.0 Å². The molecule has 1 N–H and O–H groups in total. The van der Waals surface area contributed by atoms with Crippen LogP contribution in [-0.2, 0) is 24.3 Å². The molecule has 0 radical (unpaired) electrons. The van der Waals surface area contributed by atoms with Crippen LogP contribution in [0.3, 0.4) is 0 Å². The topological polar surface area (TPSA) is 105 Å². The molecule has 0 saturated carbocycles. The monoisotopic (exact) mass is 451 g/mol. The first-order valence-electron chi connectivity index (χ1n) is 10.2. The van der Waals surface area contributed by atoms with E-state index in [1.165, 1.54) is 30.5 Å². The van der Waals surface area contributed by atoms with Crippen LogP contribution in [0, 0.1) is 18.8 Å². The number of aryl methyl sites for hydroxylation is 1. The molecule has 3 aliphatic heterocycles. The average Bonchev–Trinajstić information content (AvgIpc) is 3.38. The van der Waals surface area contributed by atoms with Crippen molar-refractivity contribution in [2.24, 2.45) is 16.9 Å². The molecule has 2 amide bonds. The van der Waals surface area contributed by atoms with Crippen molar-refractivity contribution in [1.82, 2.24) is 4.83 Å². The number of hydrogen-bond acceptors (Lipinski definition) is 6. The second-order valence-electron chi connectivity index (χ2n) is 8.40. The Morgan fingerprint density at radius 1 is 1.06 bits per heavy atom. The Bertz CT molecular complexity index is 1270. The van der Waals surface area contributed by atoms with Crippen LogP contribution in [0.5, 0.6) is 0 Å². The Morgan fingerprint density at radius 2 is 1.75 bits per heavy atom. The Labute approximate surface area is 185 Å². The fourth-order valence-corrected chi connectivity index (χ4v) is 5.35. The largest absolute Gasteiger partial charge is 0.362 e. The van der Waals surface area contributed by atoms with Crippen molar-refractivity contribution < 1.29 is 22.7 Å². The summed E-state index contributed by atoms with van der Waals surface area (Å²) in [7, 11) is -3.90. The number of rotatable bonds is 5. The Balaban J connectivity index is 1.32. The van der Waals surface area contributed by atoms with E-state index in [4.69, 9.17) is 4.74 Å². The van der Waals surface area contributed by atoms with Crippen LogP contribution in [0.2, 0.25) is 0 Å². The average molecular weight is 452 g/mol. The number of nitrogens with one attached hydrogen (secondary N) is 1. The third-order valence-corrected chi connectivity index (χ3v) is 7.44. The lowest BCUT2D eigenvalue weighted by molar-refractivity contribution is -0.126. The molecule has 2 aromatic carbocycles. The first-order chi connectivity index (χ1) is 15.2. The fraction of sp³-hybridized carbons (Fsp3) is 0.261. The maximum absolute atomic E-state index is 13.0. The number of fused-ring (bicyclic) bond motifs is 5. The van der Waals surface area contributed by atoms with Gasteiger partial charge in [-0.15, -0.1) is 0 Å². The van der Waals surface area contributed by atoms with Crippen LogP contribution >= 0.6 is 0 Å². The maximum Gasteiger partial charge on any atom is 0.276 e. The first-order valence-corrected chi connectivity index (χ1v) is 11.6.